The maximum atomic E-state index is 5.34. The van der Waals surface area contributed by atoms with Gasteiger partial charge in [0.25, 0.3) is 0 Å². The van der Waals surface area contributed by atoms with Crippen LogP contribution in [-0.2, 0) is 42.2 Å². The molecule has 0 unspecified atom stereocenters. The molecule has 0 aliphatic carbocycles. The van der Waals surface area contributed by atoms with Crippen LogP contribution in [0.4, 0.5) is 11.4 Å². The molecule has 0 amide bonds. The molecular formula is C57H98N2Ni. The van der Waals surface area contributed by atoms with Gasteiger partial charge in [-0.05, 0) is 111 Å². The summed E-state index contributed by atoms with van der Waals surface area (Å²) in [6.45, 7) is 11.5. The van der Waals surface area contributed by atoms with Gasteiger partial charge >= 0.3 is 0 Å². The minimum atomic E-state index is 0. The largest absolute Gasteiger partial charge is 0.255 e. The van der Waals surface area contributed by atoms with Crippen molar-refractivity contribution >= 4 is 23.3 Å². The molecule has 0 aliphatic rings. The van der Waals surface area contributed by atoms with Gasteiger partial charge in [0.1, 0.15) is 0 Å². The Morgan fingerprint density at radius 3 is 1.03 bits per heavy atom. The number of unbranched alkanes of at least 4 members (excludes halogenated alkanes) is 28. The second-order valence-electron chi connectivity index (χ2n) is 18.4. The Morgan fingerprint density at radius 1 is 0.350 bits per heavy atom. The molecule has 60 heavy (non-hydrogen) atoms. The van der Waals surface area contributed by atoms with Crippen LogP contribution < -0.4 is 0 Å². The fraction of sp³-hybridized carbons (Fsp3) is 0.754. The zero-order chi connectivity index (χ0) is 42.3. The van der Waals surface area contributed by atoms with Crippen LogP contribution in [0.1, 0.15) is 275 Å². The summed E-state index contributed by atoms with van der Waals surface area (Å²) in [5, 5.41) is 0. The van der Waals surface area contributed by atoms with Gasteiger partial charge in [0.05, 0.1) is 17.1 Å². The summed E-state index contributed by atoms with van der Waals surface area (Å²) in [6, 6.07) is 14.1. The molecule has 2 aromatic rings. The van der Waals surface area contributed by atoms with Crippen LogP contribution in [0.15, 0.2) is 46.4 Å². The van der Waals surface area contributed by atoms with Crippen LogP contribution in [0, 0.1) is 0 Å². The first-order valence-electron chi connectivity index (χ1n) is 26.5. The van der Waals surface area contributed by atoms with Crippen molar-refractivity contribution < 1.29 is 16.5 Å². The van der Waals surface area contributed by atoms with Gasteiger partial charge in [-0.25, -0.2) is 0 Å². The van der Waals surface area contributed by atoms with Crippen molar-refractivity contribution in [3.63, 3.8) is 0 Å². The van der Waals surface area contributed by atoms with Gasteiger partial charge in [-0.3, -0.25) is 9.98 Å². The standard InChI is InChI=1S/C57H98N2.Ni/c1-6-11-16-17-18-19-20-21-22-23-24-25-26-27-28-29-30-31-32-33-38-43-57(59-56-47-45-52(40-35-13-8-3)54(49-56)42-37-15-10-5)50-58-55-46-44-51(39-34-12-7-2)53(48-55)41-36-14-9-4;/h44-50H,6-43H2,1-5H3;/b58-50+,59-57+;. The monoisotopic (exact) mass is 869 g/mol. The fourth-order valence-corrected chi connectivity index (χ4v) is 8.79. The predicted octanol–water partition coefficient (Wildman–Crippen LogP) is 19.7. The Bertz CT molecular complexity index is 1310. The molecule has 0 heterocycles. The molecule has 2 rings (SSSR count). The number of nitrogens with zero attached hydrogens (tertiary/aromatic N) is 2. The van der Waals surface area contributed by atoms with E-state index in [1.807, 2.05) is 0 Å². The van der Waals surface area contributed by atoms with E-state index in [0.29, 0.717) is 0 Å². The molecule has 2 nitrogen and oxygen atoms in total. The summed E-state index contributed by atoms with van der Waals surface area (Å²) in [5.74, 6) is 0. The van der Waals surface area contributed by atoms with Crippen molar-refractivity contribution in [2.24, 2.45) is 9.98 Å². The third-order valence-corrected chi connectivity index (χ3v) is 12.8. The smallest absolute Gasteiger partial charge is 0.0636 e. The van der Waals surface area contributed by atoms with E-state index in [9.17, 15) is 0 Å². The van der Waals surface area contributed by atoms with Gasteiger partial charge in [-0.1, -0.05) is 227 Å². The number of benzene rings is 2. The van der Waals surface area contributed by atoms with E-state index in [1.165, 1.54) is 254 Å². The van der Waals surface area contributed by atoms with Crippen LogP contribution in [0.25, 0.3) is 0 Å². The maximum Gasteiger partial charge on any atom is 0.0636 e. The van der Waals surface area contributed by atoms with E-state index in [4.69, 9.17) is 9.98 Å². The molecule has 2 aromatic carbocycles. The average Bonchev–Trinajstić information content (AvgIpc) is 3.24. The molecule has 0 spiro atoms. The van der Waals surface area contributed by atoms with Gasteiger partial charge < -0.3 is 0 Å². The first-order valence-corrected chi connectivity index (χ1v) is 26.5. The summed E-state index contributed by atoms with van der Waals surface area (Å²) in [6.07, 6.45) is 53.1. The number of rotatable bonds is 41. The van der Waals surface area contributed by atoms with E-state index < -0.39 is 0 Å². The van der Waals surface area contributed by atoms with Gasteiger partial charge in [-0.15, -0.1) is 0 Å². The Kier molecular flexibility index (Phi) is 38.7. The summed E-state index contributed by atoms with van der Waals surface area (Å²) in [7, 11) is 0. The number of hydrogen-bond acceptors (Lipinski definition) is 2. The Labute approximate surface area is 385 Å². The number of hydrogen-bond donors (Lipinski definition) is 0. The van der Waals surface area contributed by atoms with E-state index in [1.54, 1.807) is 5.56 Å². The maximum absolute atomic E-state index is 5.34. The Balaban J connectivity index is 0.0000180. The second kappa shape index (κ2) is 41.3. The van der Waals surface area contributed by atoms with Crippen molar-refractivity contribution in [2.75, 3.05) is 0 Å². The van der Waals surface area contributed by atoms with Gasteiger partial charge in [0.15, 0.2) is 0 Å². The minimum Gasteiger partial charge on any atom is -0.255 e. The number of aryl methyl sites for hydroxylation is 4. The second-order valence-corrected chi connectivity index (χ2v) is 18.4. The topological polar surface area (TPSA) is 24.7 Å². The zero-order valence-electron chi connectivity index (χ0n) is 40.6. The van der Waals surface area contributed by atoms with Crippen molar-refractivity contribution in [3.05, 3.63) is 58.7 Å². The van der Waals surface area contributed by atoms with Crippen LogP contribution >= 0.6 is 0 Å². The van der Waals surface area contributed by atoms with Crippen LogP contribution in [0.5, 0.6) is 0 Å². The van der Waals surface area contributed by atoms with Crippen molar-refractivity contribution in [1.29, 1.82) is 0 Å². The molecule has 0 saturated heterocycles. The van der Waals surface area contributed by atoms with Crippen LogP contribution in [-0.4, -0.2) is 11.9 Å². The quantitative estimate of drug-likeness (QED) is 0.0361. The molecular weight excluding hydrogens is 771 g/mol. The SMILES string of the molecule is CCCCCCCCCCCCCCCCCCCCCCCC(/C=N/c1ccc(CCCCC)c(CCCCC)c1)=N\c1ccc(CCCCC)c(CCCCC)c1.[Ni]. The van der Waals surface area contributed by atoms with Crippen LogP contribution in [0.3, 0.4) is 0 Å². The van der Waals surface area contributed by atoms with Crippen LogP contribution in [0.2, 0.25) is 0 Å². The molecule has 0 aliphatic heterocycles. The average molecular weight is 870 g/mol. The molecule has 346 valence electrons. The molecule has 0 N–H and O–H groups in total. The summed E-state index contributed by atoms with van der Waals surface area (Å²) >= 11 is 0. The predicted molar refractivity (Wildman–Crippen MR) is 268 cm³/mol. The van der Waals surface area contributed by atoms with E-state index >= 15 is 0 Å². The molecule has 0 aromatic heterocycles. The third kappa shape index (κ3) is 29.6. The molecule has 0 saturated carbocycles. The van der Waals surface area contributed by atoms with Gasteiger partial charge in [0, 0.05) is 22.7 Å². The van der Waals surface area contributed by atoms with Gasteiger partial charge in [-0.2, -0.15) is 0 Å². The summed E-state index contributed by atoms with van der Waals surface area (Å²) in [4.78, 5) is 10.5. The number of aliphatic imine (C=N–C) groups is 2. The molecule has 0 atom stereocenters. The normalized spacial score (nSPS) is 11.8. The first kappa shape index (κ1) is 56.3. The summed E-state index contributed by atoms with van der Waals surface area (Å²) in [5.41, 5.74) is 9.47. The Hall–Kier alpha value is -1.73. The molecule has 0 radical (unpaired) electrons. The van der Waals surface area contributed by atoms with E-state index in [0.717, 1.165) is 23.5 Å². The first-order chi connectivity index (χ1) is 29.1. The molecule has 0 fully saturated rings. The van der Waals surface area contributed by atoms with Crippen molar-refractivity contribution in [2.45, 2.75) is 279 Å². The minimum absolute atomic E-state index is 0. The Morgan fingerprint density at radius 2 is 0.650 bits per heavy atom. The van der Waals surface area contributed by atoms with Crippen molar-refractivity contribution in [1.82, 2.24) is 0 Å². The van der Waals surface area contributed by atoms with Gasteiger partial charge in [0.2, 0.25) is 0 Å². The summed E-state index contributed by atoms with van der Waals surface area (Å²) < 4.78 is 0. The molecule has 3 heteroatoms. The fourth-order valence-electron chi connectivity index (χ4n) is 8.79. The van der Waals surface area contributed by atoms with E-state index in [-0.39, 0.29) is 16.5 Å². The third-order valence-electron chi connectivity index (χ3n) is 12.8. The molecule has 0 bridgehead atoms. The zero-order valence-corrected chi connectivity index (χ0v) is 41.6. The van der Waals surface area contributed by atoms with Crippen molar-refractivity contribution in [3.8, 4) is 0 Å². The van der Waals surface area contributed by atoms with E-state index in [2.05, 4.69) is 77.2 Å².